The van der Waals surface area contributed by atoms with Gasteiger partial charge in [-0.1, -0.05) is 0 Å². The topological polar surface area (TPSA) is 326 Å². The van der Waals surface area contributed by atoms with E-state index in [0.29, 0.717) is 0 Å². The van der Waals surface area contributed by atoms with E-state index in [4.69, 9.17) is 20.3 Å². The molecule has 24 heteroatoms. The van der Waals surface area contributed by atoms with Gasteiger partial charge in [0.05, 0.1) is 19.6 Å². The van der Waals surface area contributed by atoms with Crippen LogP contribution < -0.4 is 5.73 Å². The Morgan fingerprint density at radius 3 is 2.25 bits per heavy atom. The van der Waals surface area contributed by atoms with E-state index in [9.17, 15) is 49.2 Å². The summed E-state index contributed by atoms with van der Waals surface area (Å²) in [7, 11) is -11.1. The quantitative estimate of drug-likeness (QED) is 0.0847. The summed E-state index contributed by atoms with van der Waals surface area (Å²) in [6.07, 6.45) is -15.0. The number of amidine groups is 1. The second-order valence-electron chi connectivity index (χ2n) is 8.52. The average Bonchev–Trinajstić information content (AvgIpc) is 3.38. The van der Waals surface area contributed by atoms with Crippen LogP contribution in [0.5, 0.6) is 0 Å². The van der Waals surface area contributed by atoms with Gasteiger partial charge in [0.2, 0.25) is 5.96 Å². The van der Waals surface area contributed by atoms with E-state index in [1.807, 2.05) is 0 Å². The van der Waals surface area contributed by atoms with Crippen LogP contribution in [-0.2, 0) is 36.8 Å². The molecule has 1 amide bonds. The molecule has 12 atom stereocenters. The first-order valence-electron chi connectivity index (χ1n) is 10.9. The Hall–Kier alpha value is -0.780. The molecule has 4 rings (SSSR count). The van der Waals surface area contributed by atoms with Crippen LogP contribution in [0.15, 0.2) is 15.0 Å². The molecule has 0 aliphatic carbocycles. The molecule has 40 heavy (non-hydrogen) atoms. The first-order valence-corrected chi connectivity index (χ1v) is 13.9. The number of guanidine groups is 1. The van der Waals surface area contributed by atoms with Crippen LogP contribution in [0.4, 0.5) is 0 Å². The monoisotopic (exact) mass is 628 g/mol. The molecule has 4 aliphatic rings. The van der Waals surface area contributed by atoms with Gasteiger partial charge < -0.3 is 55.6 Å². The molecular formula is C16H25N5NaO16P2. The first-order chi connectivity index (χ1) is 18.1. The van der Waals surface area contributed by atoms with Crippen molar-refractivity contribution in [3.05, 3.63) is 0 Å². The molecule has 4 aliphatic heterocycles. The van der Waals surface area contributed by atoms with Crippen LogP contribution in [0.1, 0.15) is 0 Å². The van der Waals surface area contributed by atoms with Crippen molar-refractivity contribution in [1.29, 1.82) is 0 Å². The van der Waals surface area contributed by atoms with Crippen molar-refractivity contribution in [2.75, 3.05) is 13.2 Å². The summed E-state index contributed by atoms with van der Waals surface area (Å²) in [5, 5.41) is 59.2. The summed E-state index contributed by atoms with van der Waals surface area (Å²) >= 11 is 0. The number of carbonyl (C=O) groups is 1. The number of aliphatic hydroxyl groups is 6. The molecule has 0 aromatic rings. The molecule has 221 valence electrons. The molecule has 10 N–H and O–H groups in total. The van der Waals surface area contributed by atoms with Gasteiger partial charge in [-0.05, 0) is 0 Å². The smallest absolute Gasteiger partial charge is 0.394 e. The number of nitrogens with two attached hydrogens (primary N) is 1. The standard InChI is InChI=1S/C16H25N5O16P2.Na/c17-16-19-12-6(13(28)20-16)18-3-21(12)14-10(26)8(24)5(34-14)2-33-38(29,30)37-39(31,32)36-15-11(27)9(25)7(23)4(1-22)35-15;/h3-11,14-15,22-27H,1-2H2,(H,29,30)(H,31,32)(H2,17,20,28);. The minimum atomic E-state index is -5.60. The largest absolute Gasteiger partial charge is 0.483 e. The molecule has 21 nitrogen and oxygen atoms in total. The van der Waals surface area contributed by atoms with Gasteiger partial charge in [0.25, 0.3) is 5.91 Å². The Morgan fingerprint density at radius 2 is 1.60 bits per heavy atom. The number of ether oxygens (including phenoxy) is 2. The van der Waals surface area contributed by atoms with Crippen LogP contribution in [0, 0.1) is 0 Å². The SMILES string of the molecule is NC1=NC(=O)C2N=CN(C3OC(COP(=O)(O)OP(=O)(O)OC4OC(CO)C(O)C(O)C4O)C(O)C3O)C2=N1.[Na]. The summed E-state index contributed by atoms with van der Waals surface area (Å²) in [5.74, 6) is -1.18. The predicted molar refractivity (Wildman–Crippen MR) is 126 cm³/mol. The second-order valence-corrected chi connectivity index (χ2v) is 11.5. The molecule has 12 unspecified atom stereocenters. The minimum Gasteiger partial charge on any atom is -0.394 e. The van der Waals surface area contributed by atoms with E-state index in [1.165, 1.54) is 0 Å². The van der Waals surface area contributed by atoms with Crippen LogP contribution in [0.25, 0.3) is 0 Å². The maximum atomic E-state index is 12.3. The van der Waals surface area contributed by atoms with E-state index in [1.54, 1.807) is 0 Å². The van der Waals surface area contributed by atoms with Gasteiger partial charge in [-0.3, -0.25) is 23.7 Å². The molecule has 0 bridgehead atoms. The number of carbonyl (C=O) groups excluding carboxylic acids is 1. The van der Waals surface area contributed by atoms with Gasteiger partial charge >= 0.3 is 15.6 Å². The fraction of sp³-hybridized carbons (Fsp3) is 0.750. The maximum Gasteiger partial charge on any atom is 0.483 e. The van der Waals surface area contributed by atoms with Gasteiger partial charge in [-0.25, -0.2) is 9.13 Å². The van der Waals surface area contributed by atoms with E-state index in [0.717, 1.165) is 11.2 Å². The van der Waals surface area contributed by atoms with E-state index < -0.39 is 96.1 Å². The number of aliphatic imine (C=N–C) groups is 3. The summed E-state index contributed by atoms with van der Waals surface area (Å²) < 4.78 is 48.0. The summed E-state index contributed by atoms with van der Waals surface area (Å²) in [6.45, 7) is -1.89. The van der Waals surface area contributed by atoms with Crippen molar-refractivity contribution in [3.63, 3.8) is 0 Å². The van der Waals surface area contributed by atoms with Gasteiger partial charge in [-0.15, -0.1) is 0 Å². The molecule has 0 aromatic carbocycles. The Balaban J connectivity index is 0.00000441. The average molecular weight is 628 g/mol. The van der Waals surface area contributed by atoms with Crippen molar-refractivity contribution in [2.45, 2.75) is 61.3 Å². The van der Waals surface area contributed by atoms with Crippen LogP contribution in [0.3, 0.4) is 0 Å². The predicted octanol–water partition coefficient (Wildman–Crippen LogP) is -5.93. The number of phosphoric acid groups is 2. The van der Waals surface area contributed by atoms with Gasteiger partial charge in [0.1, 0.15) is 42.7 Å². The summed E-state index contributed by atoms with van der Waals surface area (Å²) in [4.78, 5) is 44.0. The van der Waals surface area contributed by atoms with E-state index in [2.05, 4.69) is 28.3 Å². The number of fused-ring (bicyclic) bond motifs is 1. The fourth-order valence-electron chi connectivity index (χ4n) is 3.93. The number of hydrogen-bond donors (Lipinski definition) is 9. The zero-order valence-electron chi connectivity index (χ0n) is 20.4. The van der Waals surface area contributed by atoms with Gasteiger partial charge in [-0.2, -0.15) is 14.3 Å². The third kappa shape index (κ3) is 7.05. The molecule has 2 saturated heterocycles. The second kappa shape index (κ2) is 12.8. The number of aliphatic hydroxyl groups excluding tert-OH is 6. The Labute approximate surface area is 246 Å². The van der Waals surface area contributed by atoms with Crippen molar-refractivity contribution in [3.8, 4) is 0 Å². The molecule has 0 spiro atoms. The zero-order chi connectivity index (χ0) is 28.9. The molecular weight excluding hydrogens is 603 g/mol. The number of hydrogen-bond acceptors (Lipinski definition) is 18. The fourth-order valence-corrected chi connectivity index (χ4v) is 6.09. The van der Waals surface area contributed by atoms with Crippen molar-refractivity contribution >= 4 is 69.2 Å². The minimum absolute atomic E-state index is 0. The molecule has 2 fully saturated rings. The normalized spacial score (nSPS) is 40.5. The number of rotatable bonds is 9. The third-order valence-corrected chi connectivity index (χ3v) is 8.44. The molecule has 0 aromatic heterocycles. The molecule has 0 saturated carbocycles. The molecule has 4 heterocycles. The maximum absolute atomic E-state index is 12.3. The van der Waals surface area contributed by atoms with Crippen LogP contribution in [0.2, 0.25) is 0 Å². The Morgan fingerprint density at radius 1 is 0.950 bits per heavy atom. The third-order valence-electron chi connectivity index (χ3n) is 5.84. The van der Waals surface area contributed by atoms with Gasteiger partial charge in [0.15, 0.2) is 24.4 Å². The van der Waals surface area contributed by atoms with Crippen molar-refractivity contribution in [2.24, 2.45) is 20.7 Å². The summed E-state index contributed by atoms with van der Waals surface area (Å²) in [5.41, 5.74) is 5.47. The van der Waals surface area contributed by atoms with E-state index >= 15 is 0 Å². The van der Waals surface area contributed by atoms with Crippen molar-refractivity contribution in [1.82, 2.24) is 4.90 Å². The number of nitrogens with zero attached hydrogens (tertiary/aromatic N) is 4. The zero-order valence-corrected chi connectivity index (χ0v) is 24.2. The summed E-state index contributed by atoms with van der Waals surface area (Å²) in [6, 6.07) is -1.16. The Bertz CT molecular complexity index is 1160. The van der Waals surface area contributed by atoms with E-state index in [-0.39, 0.29) is 41.4 Å². The first kappa shape index (κ1) is 33.7. The Kier molecular flexibility index (Phi) is 10.8. The van der Waals surface area contributed by atoms with Crippen molar-refractivity contribution < 1.29 is 77.2 Å². The van der Waals surface area contributed by atoms with Crippen LogP contribution >= 0.6 is 15.6 Å². The number of amides is 1. The number of phosphoric ester groups is 2. The molecule has 1 radical (unpaired) electrons. The van der Waals surface area contributed by atoms with Gasteiger partial charge in [0, 0.05) is 29.6 Å². The van der Waals surface area contributed by atoms with Crippen LogP contribution in [-0.4, -0.2) is 173 Å².